The van der Waals surface area contributed by atoms with Crippen molar-refractivity contribution in [3.63, 3.8) is 0 Å². The molecule has 54 valence electrons. The van der Waals surface area contributed by atoms with E-state index in [0.717, 1.165) is 0 Å². The van der Waals surface area contributed by atoms with Gasteiger partial charge in [-0.15, -0.1) is 0 Å². The first-order valence-corrected chi connectivity index (χ1v) is 6.10. The average molecular weight is 165 g/mol. The lowest BCUT2D eigenvalue weighted by molar-refractivity contribution is 0.516. The monoisotopic (exact) mass is 165 g/mol. The smallest absolute Gasteiger partial charge is 0.210 e. The minimum atomic E-state index is -2.92. The van der Waals surface area contributed by atoms with Crippen molar-refractivity contribution in [2.45, 2.75) is 6.55 Å². The topological polar surface area (TPSA) is 37.4 Å². The van der Waals surface area contributed by atoms with E-state index in [1.807, 2.05) is 6.55 Å². The van der Waals surface area contributed by atoms with Crippen molar-refractivity contribution in [1.82, 2.24) is 4.31 Å². The van der Waals surface area contributed by atoms with Crippen molar-refractivity contribution in [2.75, 3.05) is 19.5 Å². The van der Waals surface area contributed by atoms with E-state index in [4.69, 9.17) is 0 Å². The number of rotatable bonds is 3. The van der Waals surface area contributed by atoms with Crippen LogP contribution in [-0.2, 0) is 10.0 Å². The van der Waals surface area contributed by atoms with Crippen LogP contribution in [0.1, 0.15) is 0 Å². The van der Waals surface area contributed by atoms with Crippen LogP contribution >= 0.6 is 0 Å². The maximum Gasteiger partial charge on any atom is 0.210 e. The molecule has 9 heavy (non-hydrogen) atoms. The van der Waals surface area contributed by atoms with Gasteiger partial charge in [-0.3, -0.25) is 0 Å². The fourth-order valence-electron chi connectivity index (χ4n) is 0.340. The summed E-state index contributed by atoms with van der Waals surface area (Å²) in [5, 5.41) is 0. The molecule has 0 heterocycles. The van der Waals surface area contributed by atoms with Gasteiger partial charge in [-0.05, 0) is 0 Å². The molecule has 0 N–H and O–H groups in total. The molecular formula is C4H11NO2SSi. The van der Waals surface area contributed by atoms with Crippen LogP contribution in [0, 0.1) is 0 Å². The van der Waals surface area contributed by atoms with Crippen LogP contribution in [0.3, 0.4) is 0 Å². The van der Waals surface area contributed by atoms with Crippen LogP contribution in [0.25, 0.3) is 0 Å². The van der Waals surface area contributed by atoms with E-state index in [9.17, 15) is 8.42 Å². The summed E-state index contributed by atoms with van der Waals surface area (Å²) in [5.74, 6) is 0. The Morgan fingerprint density at radius 3 is 2.11 bits per heavy atom. The molecule has 0 spiro atoms. The third-order valence-electron chi connectivity index (χ3n) is 0.947. The Morgan fingerprint density at radius 1 is 1.56 bits per heavy atom. The van der Waals surface area contributed by atoms with Crippen molar-refractivity contribution in [3.05, 3.63) is 0 Å². The van der Waals surface area contributed by atoms with Crippen LogP contribution in [-0.4, -0.2) is 41.7 Å². The minimum absolute atomic E-state index is 0.638. The second-order valence-electron chi connectivity index (χ2n) is 1.87. The van der Waals surface area contributed by atoms with Crippen LogP contribution in [0.4, 0.5) is 0 Å². The van der Waals surface area contributed by atoms with E-state index in [-0.39, 0.29) is 0 Å². The van der Waals surface area contributed by atoms with E-state index in [2.05, 4.69) is 0 Å². The predicted octanol–water partition coefficient (Wildman–Crippen LogP) is -0.412. The molecule has 0 aromatic rings. The molecular weight excluding hydrogens is 154 g/mol. The van der Waals surface area contributed by atoms with Gasteiger partial charge in [0.2, 0.25) is 10.0 Å². The minimum Gasteiger partial charge on any atom is -0.213 e. The summed E-state index contributed by atoms with van der Waals surface area (Å²) >= 11 is 0. The fourth-order valence-corrected chi connectivity index (χ4v) is 2.11. The molecule has 0 bridgehead atoms. The Morgan fingerprint density at radius 2 is 2.00 bits per heavy atom. The molecule has 0 amide bonds. The van der Waals surface area contributed by atoms with E-state index in [0.29, 0.717) is 15.7 Å². The Hall–Kier alpha value is 0.127. The van der Waals surface area contributed by atoms with Crippen molar-refractivity contribution in [1.29, 1.82) is 0 Å². The van der Waals surface area contributed by atoms with Crippen molar-refractivity contribution >= 4 is 19.5 Å². The Bertz CT molecular complexity index is 165. The number of hydrogen-bond donors (Lipinski definition) is 0. The molecule has 0 aromatic carbocycles. The molecule has 0 saturated carbocycles. The maximum absolute atomic E-state index is 10.7. The van der Waals surface area contributed by atoms with Gasteiger partial charge in [0.25, 0.3) is 0 Å². The average Bonchev–Trinajstić information content (AvgIpc) is 1.64. The first kappa shape index (κ1) is 9.13. The van der Waals surface area contributed by atoms with Crippen LogP contribution in [0.5, 0.6) is 0 Å². The van der Waals surface area contributed by atoms with E-state index in [1.165, 1.54) is 10.6 Å². The molecule has 3 nitrogen and oxygen atoms in total. The van der Waals surface area contributed by atoms with Gasteiger partial charge in [0, 0.05) is 13.2 Å². The largest absolute Gasteiger partial charge is 0.213 e. The molecule has 0 aliphatic rings. The molecule has 0 saturated heterocycles. The lowest BCUT2D eigenvalue weighted by atomic mass is 11.2. The summed E-state index contributed by atoms with van der Waals surface area (Å²) in [6.45, 7) is 1.97. The summed E-state index contributed by atoms with van der Waals surface area (Å²) in [6, 6.07) is 0. The maximum atomic E-state index is 10.7. The molecule has 0 rings (SSSR count). The third-order valence-corrected chi connectivity index (χ3v) is 3.23. The lowest BCUT2D eigenvalue weighted by Crippen LogP contribution is -2.28. The SMILES string of the molecule is C[Si]CN(C)S(C)(=O)=O. The van der Waals surface area contributed by atoms with Crippen molar-refractivity contribution < 1.29 is 8.42 Å². The highest BCUT2D eigenvalue weighted by molar-refractivity contribution is 7.88. The molecule has 0 fully saturated rings. The first-order valence-electron chi connectivity index (χ1n) is 2.54. The van der Waals surface area contributed by atoms with Crippen molar-refractivity contribution in [3.8, 4) is 0 Å². The Kier molecular flexibility index (Phi) is 3.38. The third kappa shape index (κ3) is 3.66. The highest BCUT2D eigenvalue weighted by Crippen LogP contribution is 1.89. The van der Waals surface area contributed by atoms with Gasteiger partial charge in [-0.2, -0.15) is 0 Å². The summed E-state index contributed by atoms with van der Waals surface area (Å²) in [4.78, 5) is 0. The lowest BCUT2D eigenvalue weighted by Gasteiger charge is -2.10. The summed E-state index contributed by atoms with van der Waals surface area (Å²) in [5.41, 5.74) is 0. The zero-order valence-electron chi connectivity index (χ0n) is 5.88. The van der Waals surface area contributed by atoms with Crippen molar-refractivity contribution in [2.24, 2.45) is 0 Å². The summed E-state index contributed by atoms with van der Waals surface area (Å²) in [7, 11) is -0.677. The number of sulfonamides is 1. The van der Waals surface area contributed by atoms with Gasteiger partial charge in [0.05, 0.1) is 15.8 Å². The molecule has 5 heteroatoms. The molecule has 2 radical (unpaired) electrons. The fraction of sp³-hybridized carbons (Fsp3) is 1.00. The van der Waals surface area contributed by atoms with Gasteiger partial charge < -0.3 is 0 Å². The number of nitrogens with zero attached hydrogens (tertiary/aromatic N) is 1. The van der Waals surface area contributed by atoms with Gasteiger partial charge in [-0.25, -0.2) is 12.7 Å². The van der Waals surface area contributed by atoms with Gasteiger partial charge in [-0.1, -0.05) is 6.55 Å². The Labute approximate surface area is 58.9 Å². The highest BCUT2D eigenvalue weighted by atomic mass is 32.2. The second-order valence-corrected chi connectivity index (χ2v) is 4.99. The zero-order valence-corrected chi connectivity index (χ0v) is 7.70. The standard InChI is InChI=1S/C4H11NO2SSi/c1-5(4-9-3)8(2,6)7/h4H2,1-3H3. The van der Waals surface area contributed by atoms with E-state index >= 15 is 0 Å². The van der Waals surface area contributed by atoms with Crippen LogP contribution in [0.15, 0.2) is 0 Å². The summed E-state index contributed by atoms with van der Waals surface area (Å²) in [6.07, 6.45) is 1.85. The molecule has 0 aliphatic heterocycles. The zero-order chi connectivity index (χ0) is 7.49. The second kappa shape index (κ2) is 3.33. The van der Waals surface area contributed by atoms with Crippen LogP contribution < -0.4 is 0 Å². The Balaban J connectivity index is 3.90. The molecule has 0 unspecified atom stereocenters. The quantitative estimate of drug-likeness (QED) is 0.533. The van der Waals surface area contributed by atoms with Gasteiger partial charge >= 0.3 is 0 Å². The van der Waals surface area contributed by atoms with E-state index < -0.39 is 10.0 Å². The van der Waals surface area contributed by atoms with Gasteiger partial charge in [0.1, 0.15) is 0 Å². The molecule has 0 aromatic heterocycles. The predicted molar refractivity (Wildman–Crippen MR) is 39.1 cm³/mol. The summed E-state index contributed by atoms with van der Waals surface area (Å²) < 4.78 is 22.7. The highest BCUT2D eigenvalue weighted by Gasteiger charge is 2.07. The van der Waals surface area contributed by atoms with Gasteiger partial charge in [0.15, 0.2) is 0 Å². The first-order chi connectivity index (χ1) is 3.98. The molecule has 0 aliphatic carbocycles. The number of hydrogen-bond acceptors (Lipinski definition) is 2. The van der Waals surface area contributed by atoms with E-state index in [1.54, 1.807) is 7.05 Å². The normalized spacial score (nSPS) is 12.4. The molecule has 0 atom stereocenters. The van der Waals surface area contributed by atoms with Crippen LogP contribution in [0.2, 0.25) is 6.55 Å².